The first-order chi connectivity index (χ1) is 7.50. The van der Waals surface area contributed by atoms with Gasteiger partial charge in [0, 0.05) is 5.69 Å². The zero-order chi connectivity index (χ0) is 11.9. The van der Waals surface area contributed by atoms with Gasteiger partial charge in [-0.05, 0) is 23.5 Å². The summed E-state index contributed by atoms with van der Waals surface area (Å²) >= 11 is 0. The van der Waals surface area contributed by atoms with Gasteiger partial charge in [0.25, 0.3) is 0 Å². The molecular weight excluding hydrogens is 200 g/mol. The Morgan fingerprint density at radius 2 is 2.00 bits per heavy atom. The molecule has 0 radical (unpaired) electrons. The Balaban J connectivity index is 2.46. The van der Waals surface area contributed by atoms with Crippen LogP contribution in [0.4, 0.5) is 5.69 Å². The van der Waals surface area contributed by atoms with Crippen LogP contribution in [0.1, 0.15) is 50.8 Å². The third-order valence-corrected chi connectivity index (χ3v) is 3.09. The largest absolute Gasteiger partial charge is 0.324 e. The van der Waals surface area contributed by atoms with Gasteiger partial charge in [-0.25, -0.2) is 0 Å². The van der Waals surface area contributed by atoms with E-state index in [1.165, 1.54) is 0 Å². The minimum atomic E-state index is -0.0181. The summed E-state index contributed by atoms with van der Waals surface area (Å²) in [5.74, 6) is 0.806. The molecule has 1 amide bonds. The van der Waals surface area contributed by atoms with Gasteiger partial charge in [-0.1, -0.05) is 27.7 Å². The first-order valence-corrected chi connectivity index (χ1v) is 5.81. The highest BCUT2D eigenvalue weighted by Crippen LogP contribution is 2.37. The number of fused-ring (bicyclic) bond motifs is 1. The van der Waals surface area contributed by atoms with Crippen molar-refractivity contribution < 1.29 is 4.79 Å². The molecule has 3 nitrogen and oxygen atoms in total. The second-order valence-corrected chi connectivity index (χ2v) is 5.06. The van der Waals surface area contributed by atoms with Gasteiger partial charge in [0.05, 0.1) is 17.8 Å². The van der Waals surface area contributed by atoms with Crippen molar-refractivity contribution in [2.45, 2.75) is 39.5 Å². The maximum atomic E-state index is 11.8. The zero-order valence-electron chi connectivity index (χ0n) is 10.2. The molecule has 0 aliphatic carbocycles. The molecule has 1 aromatic rings. The summed E-state index contributed by atoms with van der Waals surface area (Å²) in [6.45, 7) is 8.39. The number of carbonyl (C=O) groups excluding carboxylic acids is 1. The van der Waals surface area contributed by atoms with Crippen molar-refractivity contribution in [3.63, 3.8) is 0 Å². The topological polar surface area (TPSA) is 42.0 Å². The number of anilines is 1. The summed E-state index contributed by atoms with van der Waals surface area (Å²) in [7, 11) is 0. The second-order valence-electron chi connectivity index (χ2n) is 5.06. The summed E-state index contributed by atoms with van der Waals surface area (Å²) in [5.41, 5.74) is 3.05. The lowest BCUT2D eigenvalue weighted by molar-refractivity contribution is -0.117. The van der Waals surface area contributed by atoms with E-state index < -0.39 is 0 Å². The summed E-state index contributed by atoms with van der Waals surface area (Å²) < 4.78 is 0. The average Bonchev–Trinajstić information content (AvgIpc) is 2.51. The molecule has 1 N–H and O–H groups in total. The number of hydrogen-bond acceptors (Lipinski definition) is 2. The number of rotatable bonds is 2. The Morgan fingerprint density at radius 1 is 1.31 bits per heavy atom. The van der Waals surface area contributed by atoms with E-state index in [0.717, 1.165) is 16.9 Å². The van der Waals surface area contributed by atoms with Crippen LogP contribution in [-0.2, 0) is 4.79 Å². The molecule has 86 valence electrons. The van der Waals surface area contributed by atoms with Crippen LogP contribution in [0.2, 0.25) is 0 Å². The molecular formula is C13H18N2O. The Bertz CT molecular complexity index is 424. The molecule has 0 bridgehead atoms. The van der Waals surface area contributed by atoms with E-state index in [4.69, 9.17) is 0 Å². The Morgan fingerprint density at radius 3 is 2.56 bits per heavy atom. The molecule has 2 heterocycles. The van der Waals surface area contributed by atoms with E-state index in [9.17, 15) is 4.79 Å². The lowest BCUT2D eigenvalue weighted by atomic mass is 9.89. The maximum Gasteiger partial charge on any atom is 0.232 e. The lowest BCUT2D eigenvalue weighted by Crippen LogP contribution is -2.16. The van der Waals surface area contributed by atoms with E-state index in [1.807, 2.05) is 0 Å². The lowest BCUT2D eigenvalue weighted by Gasteiger charge is -2.13. The van der Waals surface area contributed by atoms with Gasteiger partial charge in [-0.15, -0.1) is 0 Å². The van der Waals surface area contributed by atoms with Crippen molar-refractivity contribution in [3.05, 3.63) is 23.5 Å². The molecule has 1 aliphatic heterocycles. The summed E-state index contributed by atoms with van der Waals surface area (Å²) in [5, 5.41) is 2.89. The minimum Gasteiger partial charge on any atom is -0.324 e. The van der Waals surface area contributed by atoms with Crippen molar-refractivity contribution >= 4 is 11.6 Å². The Hall–Kier alpha value is -1.38. The van der Waals surface area contributed by atoms with Crippen LogP contribution in [0, 0.1) is 5.92 Å². The van der Waals surface area contributed by atoms with Crippen molar-refractivity contribution in [1.29, 1.82) is 0 Å². The fourth-order valence-electron chi connectivity index (χ4n) is 2.18. The Kier molecular flexibility index (Phi) is 2.70. The monoisotopic (exact) mass is 218 g/mol. The number of aromatic nitrogens is 1. The summed E-state index contributed by atoms with van der Waals surface area (Å²) in [6, 6.07) is 2.07. The van der Waals surface area contributed by atoms with Gasteiger partial charge in [-0.3, -0.25) is 9.78 Å². The fraction of sp³-hybridized carbons (Fsp3) is 0.538. The highest BCUT2D eigenvalue weighted by atomic mass is 16.2. The smallest absolute Gasteiger partial charge is 0.232 e. The number of nitrogens with zero attached hydrogens (tertiary/aromatic N) is 1. The zero-order valence-corrected chi connectivity index (χ0v) is 10.2. The number of carbonyl (C=O) groups is 1. The number of nitrogens with one attached hydrogen (secondary N) is 1. The molecule has 0 saturated heterocycles. The minimum absolute atomic E-state index is 0.0181. The molecule has 1 aliphatic rings. The van der Waals surface area contributed by atoms with E-state index in [2.05, 4.69) is 44.1 Å². The normalized spacial score (nSPS) is 19.1. The highest BCUT2D eigenvalue weighted by Gasteiger charge is 2.33. The van der Waals surface area contributed by atoms with Gasteiger partial charge in [0.15, 0.2) is 0 Å². The van der Waals surface area contributed by atoms with Crippen LogP contribution in [0.3, 0.4) is 0 Å². The quantitative estimate of drug-likeness (QED) is 0.829. The van der Waals surface area contributed by atoms with Crippen LogP contribution in [-0.4, -0.2) is 10.9 Å². The molecule has 1 unspecified atom stereocenters. The third kappa shape index (κ3) is 1.70. The van der Waals surface area contributed by atoms with Gasteiger partial charge < -0.3 is 5.32 Å². The highest BCUT2D eigenvalue weighted by molar-refractivity contribution is 6.02. The van der Waals surface area contributed by atoms with Gasteiger partial charge in [0.1, 0.15) is 0 Å². The van der Waals surface area contributed by atoms with Crippen LogP contribution in [0.25, 0.3) is 0 Å². The van der Waals surface area contributed by atoms with E-state index in [0.29, 0.717) is 11.8 Å². The van der Waals surface area contributed by atoms with Crippen LogP contribution >= 0.6 is 0 Å². The first-order valence-electron chi connectivity index (χ1n) is 5.81. The van der Waals surface area contributed by atoms with Crippen LogP contribution in [0.15, 0.2) is 12.3 Å². The average molecular weight is 218 g/mol. The number of pyridine rings is 1. The van der Waals surface area contributed by atoms with Crippen molar-refractivity contribution in [2.24, 2.45) is 5.92 Å². The van der Waals surface area contributed by atoms with Crippen LogP contribution < -0.4 is 5.32 Å². The van der Waals surface area contributed by atoms with Crippen LogP contribution in [0.5, 0.6) is 0 Å². The predicted octanol–water partition coefficient (Wildman–Crippen LogP) is 2.90. The fourth-order valence-corrected chi connectivity index (χ4v) is 2.18. The second kappa shape index (κ2) is 3.89. The van der Waals surface area contributed by atoms with E-state index in [-0.39, 0.29) is 11.8 Å². The molecule has 0 spiro atoms. The maximum absolute atomic E-state index is 11.8. The molecule has 2 rings (SSSR count). The molecule has 1 aromatic heterocycles. The predicted molar refractivity (Wildman–Crippen MR) is 64.5 cm³/mol. The third-order valence-electron chi connectivity index (χ3n) is 3.09. The standard InChI is InChI=1S/C13H18N2O/c1-7(2)10-5-9-11(6-14-10)15-13(16)12(9)8(3)4/h5-8,12H,1-4H3,(H,15,16). The van der Waals surface area contributed by atoms with Crippen molar-refractivity contribution in [1.82, 2.24) is 4.98 Å². The molecule has 1 atom stereocenters. The summed E-state index contributed by atoms with van der Waals surface area (Å²) in [6.07, 6.45) is 1.78. The van der Waals surface area contributed by atoms with Gasteiger partial charge >= 0.3 is 0 Å². The molecule has 3 heteroatoms. The number of amides is 1. The van der Waals surface area contributed by atoms with Crippen molar-refractivity contribution in [3.8, 4) is 0 Å². The molecule has 0 aromatic carbocycles. The molecule has 0 fully saturated rings. The Labute approximate surface area is 96.3 Å². The van der Waals surface area contributed by atoms with E-state index >= 15 is 0 Å². The number of hydrogen-bond donors (Lipinski definition) is 1. The van der Waals surface area contributed by atoms with Gasteiger partial charge in [-0.2, -0.15) is 0 Å². The molecule has 16 heavy (non-hydrogen) atoms. The first kappa shape index (κ1) is 11.1. The van der Waals surface area contributed by atoms with Gasteiger partial charge in [0.2, 0.25) is 5.91 Å². The molecule has 0 saturated carbocycles. The summed E-state index contributed by atoms with van der Waals surface area (Å²) in [4.78, 5) is 16.2. The van der Waals surface area contributed by atoms with E-state index in [1.54, 1.807) is 6.20 Å². The van der Waals surface area contributed by atoms with Crippen molar-refractivity contribution in [2.75, 3.05) is 5.32 Å². The SMILES string of the molecule is CC(C)c1cc2c(cn1)NC(=O)C2C(C)C.